The first kappa shape index (κ1) is 13.7. The summed E-state index contributed by atoms with van der Waals surface area (Å²) in [6, 6.07) is 3.00. The number of rotatable bonds is 2. The molecule has 4 bridgehead atoms. The molecule has 1 aromatic carbocycles. The highest BCUT2D eigenvalue weighted by atomic mass is 19.2. The summed E-state index contributed by atoms with van der Waals surface area (Å²) in [5.74, 6) is 1.88. The van der Waals surface area contributed by atoms with Crippen LogP contribution in [0.15, 0.2) is 12.1 Å². The van der Waals surface area contributed by atoms with Crippen LogP contribution in [0.4, 0.5) is 8.78 Å². The van der Waals surface area contributed by atoms with Crippen LogP contribution in [0.25, 0.3) is 0 Å². The summed E-state index contributed by atoms with van der Waals surface area (Å²) in [4.78, 5) is 0. The van der Waals surface area contributed by atoms with E-state index in [4.69, 9.17) is 5.73 Å². The summed E-state index contributed by atoms with van der Waals surface area (Å²) < 4.78 is 28.1. The molecule has 0 radical (unpaired) electrons. The Bertz CT molecular complexity index is 541. The van der Waals surface area contributed by atoms with E-state index in [9.17, 15) is 8.78 Å². The molecule has 21 heavy (non-hydrogen) atoms. The highest BCUT2D eigenvalue weighted by Crippen LogP contribution is 2.59. The Morgan fingerprint density at radius 2 is 1.52 bits per heavy atom. The van der Waals surface area contributed by atoms with Crippen LogP contribution in [0.5, 0.6) is 0 Å². The lowest BCUT2D eigenvalue weighted by atomic mass is 9.50. The van der Waals surface area contributed by atoms with Gasteiger partial charge >= 0.3 is 0 Å². The second kappa shape index (κ2) is 4.77. The van der Waals surface area contributed by atoms with Crippen molar-refractivity contribution >= 4 is 0 Å². The van der Waals surface area contributed by atoms with Gasteiger partial charge in [-0.25, -0.2) is 8.78 Å². The topological polar surface area (TPSA) is 26.0 Å². The zero-order valence-electron chi connectivity index (χ0n) is 12.5. The molecule has 1 atom stereocenters. The molecule has 4 fully saturated rings. The second-order valence-corrected chi connectivity index (χ2v) is 7.63. The normalized spacial score (nSPS) is 38.8. The summed E-state index contributed by atoms with van der Waals surface area (Å²) in [5.41, 5.74) is 7.17. The maximum Gasteiger partial charge on any atom is 0.163 e. The van der Waals surface area contributed by atoms with E-state index < -0.39 is 11.6 Å². The van der Waals surface area contributed by atoms with E-state index in [2.05, 4.69) is 0 Å². The predicted octanol–water partition coefficient (Wildman–Crippen LogP) is 4.35. The number of halogens is 2. The predicted molar refractivity (Wildman–Crippen MR) is 78.6 cm³/mol. The maximum atomic E-state index is 14.3. The average molecular weight is 291 g/mol. The number of aryl methyl sites for hydroxylation is 1. The van der Waals surface area contributed by atoms with Crippen molar-refractivity contribution in [2.24, 2.45) is 35.3 Å². The van der Waals surface area contributed by atoms with Crippen LogP contribution in [0.2, 0.25) is 0 Å². The van der Waals surface area contributed by atoms with Gasteiger partial charge in [0.1, 0.15) is 0 Å². The fourth-order valence-corrected chi connectivity index (χ4v) is 5.68. The molecule has 3 heteroatoms. The van der Waals surface area contributed by atoms with Crippen LogP contribution in [-0.2, 0) is 0 Å². The third-order valence-electron chi connectivity index (χ3n) is 6.38. The summed E-state index contributed by atoms with van der Waals surface area (Å²) in [7, 11) is 0. The molecule has 0 amide bonds. The van der Waals surface area contributed by atoms with Crippen LogP contribution in [0.3, 0.4) is 0 Å². The van der Waals surface area contributed by atoms with Gasteiger partial charge < -0.3 is 5.73 Å². The Hall–Kier alpha value is -0.960. The smallest absolute Gasteiger partial charge is 0.163 e. The Labute approximate surface area is 124 Å². The van der Waals surface area contributed by atoms with E-state index in [0.717, 1.165) is 11.8 Å². The average Bonchev–Trinajstić information content (AvgIpc) is 2.43. The van der Waals surface area contributed by atoms with Gasteiger partial charge in [0.2, 0.25) is 0 Å². The quantitative estimate of drug-likeness (QED) is 0.861. The molecule has 4 saturated carbocycles. The first-order valence-corrected chi connectivity index (χ1v) is 8.24. The lowest BCUT2D eigenvalue weighted by molar-refractivity contribution is -0.0476. The molecule has 1 aromatic rings. The van der Waals surface area contributed by atoms with E-state index in [1.807, 2.05) is 0 Å². The SMILES string of the molecule is Cc1ccc(C(N)C2C3CC4CC(C3)CC2C4)c(F)c1F. The van der Waals surface area contributed by atoms with Crippen LogP contribution in [0.1, 0.15) is 49.3 Å². The zero-order valence-corrected chi connectivity index (χ0v) is 12.5. The van der Waals surface area contributed by atoms with Crippen LogP contribution < -0.4 is 5.73 Å². The molecular formula is C18H23F2N. The Morgan fingerprint density at radius 3 is 2.10 bits per heavy atom. The van der Waals surface area contributed by atoms with Gasteiger partial charge in [-0.15, -0.1) is 0 Å². The van der Waals surface area contributed by atoms with Gasteiger partial charge in [0.05, 0.1) is 0 Å². The molecule has 0 aliphatic heterocycles. The van der Waals surface area contributed by atoms with Gasteiger partial charge in [0.15, 0.2) is 11.6 Å². The van der Waals surface area contributed by atoms with Crippen molar-refractivity contribution < 1.29 is 8.78 Å². The molecule has 2 N–H and O–H groups in total. The number of nitrogens with two attached hydrogens (primary N) is 1. The fourth-order valence-electron chi connectivity index (χ4n) is 5.68. The van der Waals surface area contributed by atoms with Crippen molar-refractivity contribution in [2.45, 2.75) is 45.1 Å². The first-order valence-electron chi connectivity index (χ1n) is 8.24. The zero-order chi connectivity index (χ0) is 14.7. The monoisotopic (exact) mass is 291 g/mol. The van der Waals surface area contributed by atoms with E-state index >= 15 is 0 Å². The molecular weight excluding hydrogens is 268 g/mol. The summed E-state index contributed by atoms with van der Waals surface area (Å²) in [6.45, 7) is 1.59. The van der Waals surface area contributed by atoms with E-state index in [1.165, 1.54) is 32.1 Å². The van der Waals surface area contributed by atoms with Crippen molar-refractivity contribution in [2.75, 3.05) is 0 Å². The third kappa shape index (κ3) is 2.04. The van der Waals surface area contributed by atoms with Crippen LogP contribution >= 0.6 is 0 Å². The number of hydrogen-bond donors (Lipinski definition) is 1. The molecule has 0 heterocycles. The van der Waals surface area contributed by atoms with Gasteiger partial charge in [0, 0.05) is 11.6 Å². The number of hydrogen-bond acceptors (Lipinski definition) is 1. The standard InChI is InChI=1S/C18H23F2N/c1-9-2-3-14(17(20)16(9)19)18(21)15-12-5-10-4-11(7-12)8-13(15)6-10/h2-3,10-13,15,18H,4-8,21H2,1H3. The molecule has 0 aromatic heterocycles. The molecule has 4 aliphatic carbocycles. The van der Waals surface area contributed by atoms with Gasteiger partial charge in [-0.1, -0.05) is 12.1 Å². The lowest BCUT2D eigenvalue weighted by Crippen LogP contribution is -2.48. The van der Waals surface area contributed by atoms with Gasteiger partial charge in [0.25, 0.3) is 0 Å². The minimum atomic E-state index is -0.730. The highest BCUT2D eigenvalue weighted by Gasteiger charge is 2.50. The highest BCUT2D eigenvalue weighted by molar-refractivity contribution is 5.29. The minimum Gasteiger partial charge on any atom is -0.324 e. The minimum absolute atomic E-state index is 0.342. The van der Waals surface area contributed by atoms with Gasteiger partial charge in [-0.2, -0.15) is 0 Å². The van der Waals surface area contributed by atoms with Gasteiger partial charge in [-0.05, 0) is 74.2 Å². The van der Waals surface area contributed by atoms with Crippen molar-refractivity contribution in [3.8, 4) is 0 Å². The van der Waals surface area contributed by atoms with E-state index in [0.29, 0.717) is 28.9 Å². The summed E-state index contributed by atoms with van der Waals surface area (Å²) in [5, 5.41) is 0. The van der Waals surface area contributed by atoms with E-state index in [-0.39, 0.29) is 6.04 Å². The Balaban J connectivity index is 1.66. The largest absolute Gasteiger partial charge is 0.324 e. The first-order chi connectivity index (χ1) is 10.0. The summed E-state index contributed by atoms with van der Waals surface area (Å²) >= 11 is 0. The van der Waals surface area contributed by atoms with Crippen molar-refractivity contribution in [1.82, 2.24) is 0 Å². The van der Waals surface area contributed by atoms with Crippen molar-refractivity contribution in [3.05, 3.63) is 34.9 Å². The molecule has 5 rings (SSSR count). The molecule has 114 valence electrons. The number of benzene rings is 1. The fraction of sp³-hybridized carbons (Fsp3) is 0.667. The van der Waals surface area contributed by atoms with Gasteiger partial charge in [-0.3, -0.25) is 0 Å². The van der Waals surface area contributed by atoms with Crippen LogP contribution in [0, 0.1) is 48.1 Å². The molecule has 0 spiro atoms. The Morgan fingerprint density at radius 1 is 0.952 bits per heavy atom. The van der Waals surface area contributed by atoms with Crippen molar-refractivity contribution in [1.29, 1.82) is 0 Å². The molecule has 0 saturated heterocycles. The second-order valence-electron chi connectivity index (χ2n) is 7.63. The third-order valence-corrected chi connectivity index (χ3v) is 6.38. The summed E-state index contributed by atoms with van der Waals surface area (Å²) in [6.07, 6.45) is 6.40. The maximum absolute atomic E-state index is 14.3. The molecule has 1 nitrogen and oxygen atoms in total. The lowest BCUT2D eigenvalue weighted by Gasteiger charge is -2.56. The van der Waals surface area contributed by atoms with Crippen LogP contribution in [-0.4, -0.2) is 0 Å². The van der Waals surface area contributed by atoms with Crippen molar-refractivity contribution in [3.63, 3.8) is 0 Å². The molecule has 4 aliphatic rings. The van der Waals surface area contributed by atoms with E-state index in [1.54, 1.807) is 19.1 Å². The Kier molecular flexibility index (Phi) is 3.11. The molecule has 1 unspecified atom stereocenters.